The van der Waals surface area contributed by atoms with Crippen LogP contribution in [0.3, 0.4) is 0 Å². The van der Waals surface area contributed by atoms with Crippen LogP contribution in [0.25, 0.3) is 88.9 Å². The van der Waals surface area contributed by atoms with Crippen molar-refractivity contribution in [2.24, 2.45) is 0 Å². The maximum absolute atomic E-state index is 6.72. The van der Waals surface area contributed by atoms with E-state index in [2.05, 4.69) is 158 Å². The predicted octanol–water partition coefficient (Wildman–Crippen LogP) is 12.4. The highest BCUT2D eigenvalue weighted by molar-refractivity contribution is 6.12. The minimum absolute atomic E-state index is 0.0244. The average Bonchev–Trinajstić information content (AvgIpc) is 3.84. The second kappa shape index (κ2) is 11.3. The van der Waals surface area contributed by atoms with Gasteiger partial charge >= 0.3 is 0 Å². The van der Waals surface area contributed by atoms with Crippen LogP contribution in [0.4, 0.5) is 0 Å². The molecule has 0 aliphatic carbocycles. The molecule has 0 N–H and O–H groups in total. The molecule has 0 aliphatic rings. The van der Waals surface area contributed by atoms with E-state index in [1.165, 1.54) is 21.9 Å². The molecule has 0 spiro atoms. The van der Waals surface area contributed by atoms with E-state index in [4.69, 9.17) is 14.4 Å². The van der Waals surface area contributed by atoms with Gasteiger partial charge in [-0.2, -0.15) is 0 Å². The Kier molecular flexibility index (Phi) is 6.58. The number of pyridine rings is 1. The second-order valence-electron chi connectivity index (χ2n) is 14.8. The van der Waals surface area contributed by atoms with Crippen molar-refractivity contribution in [1.82, 2.24) is 19.1 Å². The summed E-state index contributed by atoms with van der Waals surface area (Å²) in [7, 11) is 0. The summed E-state index contributed by atoms with van der Waals surface area (Å²) in [6.07, 6.45) is 0. The highest BCUT2D eigenvalue weighted by atomic mass is 16.3. The molecule has 5 heteroatoms. The van der Waals surface area contributed by atoms with E-state index < -0.39 is 0 Å². The highest BCUT2D eigenvalue weighted by Crippen LogP contribution is 2.41. The molecular formula is C47H36N4O. The molecule has 0 radical (unpaired) electrons. The third-order valence-electron chi connectivity index (χ3n) is 10.5. The molecule has 0 aliphatic heterocycles. The fraction of sp³-hybridized carbons (Fsp3) is 0.106. The number of aryl methyl sites for hydroxylation is 1. The molecule has 10 rings (SSSR count). The third-order valence-corrected chi connectivity index (χ3v) is 10.5. The Morgan fingerprint density at radius 1 is 0.558 bits per heavy atom. The van der Waals surface area contributed by atoms with E-state index in [-0.39, 0.29) is 5.41 Å². The van der Waals surface area contributed by atoms with Gasteiger partial charge in [-0.1, -0.05) is 106 Å². The van der Waals surface area contributed by atoms with Gasteiger partial charge in [0.1, 0.15) is 11.4 Å². The number of rotatable bonds is 4. The van der Waals surface area contributed by atoms with Gasteiger partial charge in [-0.3, -0.25) is 4.57 Å². The van der Waals surface area contributed by atoms with Crippen LogP contribution in [0, 0.1) is 6.92 Å². The molecule has 0 saturated heterocycles. The summed E-state index contributed by atoms with van der Waals surface area (Å²) >= 11 is 0. The summed E-state index contributed by atoms with van der Waals surface area (Å²) in [4.78, 5) is 10.3. The van der Waals surface area contributed by atoms with Crippen LogP contribution in [0.5, 0.6) is 0 Å². The molecule has 52 heavy (non-hydrogen) atoms. The van der Waals surface area contributed by atoms with Crippen LogP contribution in [0.15, 0.2) is 150 Å². The van der Waals surface area contributed by atoms with E-state index in [1.54, 1.807) is 0 Å². The number of imidazole rings is 1. The van der Waals surface area contributed by atoms with Gasteiger partial charge in [0, 0.05) is 38.5 Å². The van der Waals surface area contributed by atoms with Crippen molar-refractivity contribution in [2.75, 3.05) is 0 Å². The Balaban J connectivity index is 1.24. The zero-order valence-corrected chi connectivity index (χ0v) is 29.6. The average molecular weight is 673 g/mol. The van der Waals surface area contributed by atoms with Crippen molar-refractivity contribution >= 4 is 54.9 Å². The first kappa shape index (κ1) is 30.4. The number of nitrogens with zero attached hydrogens (tertiary/aromatic N) is 4. The van der Waals surface area contributed by atoms with Crippen molar-refractivity contribution in [1.29, 1.82) is 0 Å². The Hall–Kier alpha value is -6.46. The standard InChI is InChI=1S/C47H36N4O/c1-29-19-22-37(44-43(29)36-25-26-38(49-46(36)52-44)30-13-7-5-8-14-30)45-48-39-17-11-12-18-40(39)51(45)33-21-24-35-34-23-20-31(47(2,3)4)27-41(34)50(42(35)28-33)32-15-9-6-10-16-32/h5-28H,1-4H3. The van der Waals surface area contributed by atoms with Crippen molar-refractivity contribution in [3.05, 3.63) is 157 Å². The van der Waals surface area contributed by atoms with Crippen molar-refractivity contribution in [3.8, 4) is 34.0 Å². The Labute approximate surface area is 301 Å². The van der Waals surface area contributed by atoms with Gasteiger partial charge < -0.3 is 8.98 Å². The molecule has 5 nitrogen and oxygen atoms in total. The van der Waals surface area contributed by atoms with Crippen LogP contribution in [-0.2, 0) is 5.41 Å². The molecule has 0 fully saturated rings. The van der Waals surface area contributed by atoms with Gasteiger partial charge in [0.25, 0.3) is 0 Å². The SMILES string of the molecule is Cc1ccc(-c2nc3ccccc3n2-c2ccc3c4ccc(C(C)(C)C)cc4n(-c4ccccc4)c3c2)c2oc3nc(-c4ccccc4)ccc3c12. The highest BCUT2D eigenvalue weighted by Gasteiger charge is 2.23. The number of fused-ring (bicyclic) bond motifs is 7. The molecule has 6 aromatic carbocycles. The lowest BCUT2D eigenvalue weighted by atomic mass is 9.86. The Bertz CT molecular complexity index is 2990. The molecule has 0 atom stereocenters. The summed E-state index contributed by atoms with van der Waals surface area (Å²) in [6, 6.07) is 51.6. The number of hydrogen-bond donors (Lipinski definition) is 0. The van der Waals surface area contributed by atoms with Gasteiger partial charge in [0.15, 0.2) is 0 Å². The fourth-order valence-corrected chi connectivity index (χ4v) is 7.81. The van der Waals surface area contributed by atoms with Gasteiger partial charge in [0.2, 0.25) is 5.71 Å². The Morgan fingerprint density at radius 3 is 2.04 bits per heavy atom. The van der Waals surface area contributed by atoms with Crippen LogP contribution in [-0.4, -0.2) is 19.1 Å². The maximum Gasteiger partial charge on any atom is 0.227 e. The number of aromatic nitrogens is 4. The zero-order chi connectivity index (χ0) is 35.1. The van der Waals surface area contributed by atoms with Gasteiger partial charge in [0.05, 0.1) is 33.3 Å². The van der Waals surface area contributed by atoms with Crippen molar-refractivity contribution < 1.29 is 4.42 Å². The largest absolute Gasteiger partial charge is 0.437 e. The van der Waals surface area contributed by atoms with Crippen LogP contribution in [0.1, 0.15) is 31.9 Å². The van der Waals surface area contributed by atoms with Crippen molar-refractivity contribution in [3.63, 3.8) is 0 Å². The monoisotopic (exact) mass is 672 g/mol. The minimum Gasteiger partial charge on any atom is -0.437 e. The predicted molar refractivity (Wildman–Crippen MR) is 215 cm³/mol. The van der Waals surface area contributed by atoms with E-state index in [0.717, 1.165) is 72.5 Å². The lowest BCUT2D eigenvalue weighted by Crippen LogP contribution is -2.10. The summed E-state index contributed by atoms with van der Waals surface area (Å²) < 4.78 is 11.4. The molecule has 0 bridgehead atoms. The normalized spacial score (nSPS) is 12.2. The molecule has 4 aromatic heterocycles. The van der Waals surface area contributed by atoms with Crippen LogP contribution >= 0.6 is 0 Å². The lowest BCUT2D eigenvalue weighted by molar-refractivity contribution is 0.591. The third kappa shape index (κ3) is 4.62. The summed E-state index contributed by atoms with van der Waals surface area (Å²) in [5, 5.41) is 4.51. The summed E-state index contributed by atoms with van der Waals surface area (Å²) in [5.74, 6) is 0.824. The van der Waals surface area contributed by atoms with Crippen molar-refractivity contribution in [2.45, 2.75) is 33.1 Å². The lowest BCUT2D eigenvalue weighted by Gasteiger charge is -2.19. The summed E-state index contributed by atoms with van der Waals surface area (Å²) in [5.41, 5.74) is 13.2. The smallest absolute Gasteiger partial charge is 0.227 e. The molecule has 0 saturated carbocycles. The number of hydrogen-bond acceptors (Lipinski definition) is 3. The quantitative estimate of drug-likeness (QED) is 0.187. The first-order valence-corrected chi connectivity index (χ1v) is 17.8. The topological polar surface area (TPSA) is 48.8 Å². The van der Waals surface area contributed by atoms with Gasteiger partial charge in [-0.05, 0) is 84.1 Å². The second-order valence-corrected chi connectivity index (χ2v) is 14.8. The van der Waals surface area contributed by atoms with E-state index in [1.807, 2.05) is 24.3 Å². The van der Waals surface area contributed by atoms with Crippen LogP contribution in [0.2, 0.25) is 0 Å². The number of para-hydroxylation sites is 3. The zero-order valence-electron chi connectivity index (χ0n) is 29.6. The maximum atomic E-state index is 6.72. The first-order chi connectivity index (χ1) is 25.3. The fourth-order valence-electron chi connectivity index (χ4n) is 7.81. The molecule has 4 heterocycles. The van der Waals surface area contributed by atoms with Gasteiger partial charge in [-0.15, -0.1) is 0 Å². The minimum atomic E-state index is 0.0244. The number of benzene rings is 6. The molecule has 0 amide bonds. The molecule has 10 aromatic rings. The van der Waals surface area contributed by atoms with E-state index in [0.29, 0.717) is 5.71 Å². The van der Waals surface area contributed by atoms with Gasteiger partial charge in [-0.25, -0.2) is 9.97 Å². The first-order valence-electron chi connectivity index (χ1n) is 17.8. The number of furan rings is 1. The van der Waals surface area contributed by atoms with E-state index >= 15 is 0 Å². The summed E-state index contributed by atoms with van der Waals surface area (Å²) in [6.45, 7) is 8.96. The van der Waals surface area contributed by atoms with Crippen LogP contribution < -0.4 is 0 Å². The molecule has 0 unspecified atom stereocenters. The van der Waals surface area contributed by atoms with E-state index in [9.17, 15) is 0 Å². The molecule has 250 valence electrons. The molecular weight excluding hydrogens is 637 g/mol. The Morgan fingerprint density at radius 2 is 1.25 bits per heavy atom.